The third kappa shape index (κ3) is 4.25. The molecule has 0 unspecified atom stereocenters. The van der Waals surface area contributed by atoms with Crippen LogP contribution in [0, 0.1) is 0 Å². The van der Waals surface area contributed by atoms with E-state index in [-0.39, 0.29) is 6.03 Å². The summed E-state index contributed by atoms with van der Waals surface area (Å²) < 4.78 is 0. The molecular weight excluding hydrogens is 286 g/mol. The fourth-order valence-corrected chi connectivity index (χ4v) is 2.56. The van der Waals surface area contributed by atoms with Crippen molar-refractivity contribution in [2.24, 2.45) is 0 Å². The van der Waals surface area contributed by atoms with Crippen LogP contribution in [0.2, 0.25) is 0 Å². The Morgan fingerprint density at radius 3 is 2.00 bits per heavy atom. The number of benzene rings is 2. The molecule has 0 bridgehead atoms. The Morgan fingerprint density at radius 1 is 0.870 bits per heavy atom. The molecule has 2 rings (SSSR count). The number of hydrogen-bond acceptors (Lipinski definition) is 2. The number of urea groups is 1. The summed E-state index contributed by atoms with van der Waals surface area (Å²) in [5, 5.41) is 0. The van der Waals surface area contributed by atoms with Crippen molar-refractivity contribution in [2.45, 2.75) is 26.7 Å². The third-order valence-corrected chi connectivity index (χ3v) is 3.61. The Labute approximate surface area is 138 Å². The van der Waals surface area contributed by atoms with Crippen LogP contribution >= 0.6 is 0 Å². The minimum absolute atomic E-state index is 0.00880. The number of carbonyl (C=O) groups is 1. The molecule has 0 aromatic heterocycles. The third-order valence-electron chi connectivity index (χ3n) is 3.61. The summed E-state index contributed by atoms with van der Waals surface area (Å²) in [7, 11) is 0. The van der Waals surface area contributed by atoms with Gasteiger partial charge in [0, 0.05) is 30.2 Å². The van der Waals surface area contributed by atoms with E-state index in [9.17, 15) is 4.79 Å². The van der Waals surface area contributed by atoms with Crippen LogP contribution in [-0.2, 0) is 0 Å². The summed E-state index contributed by atoms with van der Waals surface area (Å²) in [5.74, 6) is 0. The molecule has 4 heteroatoms. The maximum atomic E-state index is 13.1. The summed E-state index contributed by atoms with van der Waals surface area (Å²) in [6.45, 7) is 5.49. The van der Waals surface area contributed by atoms with Gasteiger partial charge in [0.05, 0.1) is 0 Å². The Morgan fingerprint density at radius 2 is 1.43 bits per heavy atom. The van der Waals surface area contributed by atoms with Crippen LogP contribution in [0.1, 0.15) is 26.7 Å². The van der Waals surface area contributed by atoms with E-state index in [2.05, 4.69) is 13.8 Å². The van der Waals surface area contributed by atoms with Gasteiger partial charge in [-0.05, 0) is 43.2 Å². The topological polar surface area (TPSA) is 49.6 Å². The average Bonchev–Trinajstić information content (AvgIpc) is 2.58. The highest BCUT2D eigenvalue weighted by Crippen LogP contribution is 2.22. The van der Waals surface area contributed by atoms with Gasteiger partial charge in [0.15, 0.2) is 0 Å². The van der Waals surface area contributed by atoms with Crippen molar-refractivity contribution in [3.63, 3.8) is 0 Å². The zero-order valence-corrected chi connectivity index (χ0v) is 13.9. The van der Waals surface area contributed by atoms with Gasteiger partial charge in [-0.1, -0.05) is 38.1 Å². The molecule has 0 fully saturated rings. The lowest BCUT2D eigenvalue weighted by Crippen LogP contribution is -2.44. The highest BCUT2D eigenvalue weighted by Gasteiger charge is 2.22. The quantitative estimate of drug-likeness (QED) is 0.797. The van der Waals surface area contributed by atoms with E-state index in [1.54, 1.807) is 4.90 Å². The highest BCUT2D eigenvalue weighted by molar-refractivity contribution is 6.03. The molecule has 0 saturated carbocycles. The number of amides is 2. The summed E-state index contributed by atoms with van der Waals surface area (Å²) in [5.41, 5.74) is 8.31. The first kappa shape index (κ1) is 16.9. The second-order valence-electron chi connectivity index (χ2n) is 5.52. The zero-order chi connectivity index (χ0) is 16.7. The first-order valence-electron chi connectivity index (χ1n) is 8.17. The lowest BCUT2D eigenvalue weighted by Gasteiger charge is -2.30. The van der Waals surface area contributed by atoms with Gasteiger partial charge in [-0.15, -0.1) is 0 Å². The first-order valence-corrected chi connectivity index (χ1v) is 8.17. The van der Waals surface area contributed by atoms with Gasteiger partial charge in [-0.2, -0.15) is 0 Å². The molecule has 0 aliphatic rings. The smallest absolute Gasteiger partial charge is 0.328 e. The molecule has 2 amide bonds. The van der Waals surface area contributed by atoms with Crippen LogP contribution in [0.4, 0.5) is 21.9 Å². The van der Waals surface area contributed by atoms with E-state index in [1.165, 1.54) is 0 Å². The van der Waals surface area contributed by atoms with Crippen molar-refractivity contribution >= 4 is 23.1 Å². The van der Waals surface area contributed by atoms with Gasteiger partial charge in [-0.3, -0.25) is 9.80 Å². The van der Waals surface area contributed by atoms with E-state index in [4.69, 9.17) is 5.73 Å². The number of nitrogens with zero attached hydrogens (tertiary/aromatic N) is 2. The van der Waals surface area contributed by atoms with Crippen molar-refractivity contribution in [1.82, 2.24) is 0 Å². The van der Waals surface area contributed by atoms with E-state index < -0.39 is 0 Å². The zero-order valence-electron chi connectivity index (χ0n) is 13.9. The Balaban J connectivity index is 2.34. The summed E-state index contributed by atoms with van der Waals surface area (Å²) in [6.07, 6.45) is 1.78. The normalized spacial score (nSPS) is 10.3. The van der Waals surface area contributed by atoms with Gasteiger partial charge in [-0.25, -0.2) is 4.79 Å². The maximum absolute atomic E-state index is 13.1. The molecule has 23 heavy (non-hydrogen) atoms. The van der Waals surface area contributed by atoms with Gasteiger partial charge in [0.1, 0.15) is 0 Å². The van der Waals surface area contributed by atoms with Crippen molar-refractivity contribution in [3.8, 4) is 0 Å². The van der Waals surface area contributed by atoms with Gasteiger partial charge < -0.3 is 5.73 Å². The van der Waals surface area contributed by atoms with Crippen LogP contribution in [-0.4, -0.2) is 19.1 Å². The number of nitrogens with two attached hydrogens (primary N) is 1. The summed E-state index contributed by atoms with van der Waals surface area (Å²) >= 11 is 0. The number of rotatable bonds is 6. The van der Waals surface area contributed by atoms with Crippen LogP contribution in [0.25, 0.3) is 0 Å². The largest absolute Gasteiger partial charge is 0.399 e. The molecule has 0 radical (unpaired) electrons. The van der Waals surface area contributed by atoms with E-state index in [1.807, 2.05) is 59.5 Å². The predicted molar refractivity (Wildman–Crippen MR) is 98.0 cm³/mol. The van der Waals surface area contributed by atoms with Crippen LogP contribution in [0.3, 0.4) is 0 Å². The molecule has 4 nitrogen and oxygen atoms in total. The molecule has 2 aromatic carbocycles. The molecule has 0 heterocycles. The molecule has 0 saturated heterocycles. The van der Waals surface area contributed by atoms with Crippen LogP contribution < -0.4 is 15.5 Å². The first-order chi connectivity index (χ1) is 11.2. The van der Waals surface area contributed by atoms with E-state index in [0.717, 1.165) is 24.2 Å². The van der Waals surface area contributed by atoms with Crippen LogP contribution in [0.5, 0.6) is 0 Å². The number of anilines is 3. The monoisotopic (exact) mass is 311 g/mol. The minimum atomic E-state index is -0.00880. The van der Waals surface area contributed by atoms with Crippen molar-refractivity contribution < 1.29 is 4.79 Å². The van der Waals surface area contributed by atoms with E-state index in [0.29, 0.717) is 18.8 Å². The highest BCUT2D eigenvalue weighted by atomic mass is 16.2. The summed E-state index contributed by atoms with van der Waals surface area (Å²) in [6, 6.07) is 17.3. The molecule has 2 N–H and O–H groups in total. The SMILES string of the molecule is CCCN(C(=O)N(CCC)c1cccc(N)c1)c1ccccc1. The summed E-state index contributed by atoms with van der Waals surface area (Å²) in [4.78, 5) is 16.8. The molecule has 0 spiro atoms. The molecule has 0 aliphatic carbocycles. The number of nitrogen functional groups attached to an aromatic ring is 1. The number of carbonyl (C=O) groups excluding carboxylic acids is 1. The fraction of sp³-hybridized carbons (Fsp3) is 0.316. The Bertz CT molecular complexity index is 628. The Kier molecular flexibility index (Phi) is 6.03. The van der Waals surface area contributed by atoms with Crippen molar-refractivity contribution in [1.29, 1.82) is 0 Å². The Hall–Kier alpha value is -2.49. The molecule has 2 aromatic rings. The average molecular weight is 311 g/mol. The number of hydrogen-bond donors (Lipinski definition) is 1. The second-order valence-corrected chi connectivity index (χ2v) is 5.52. The molecule has 0 aliphatic heterocycles. The van der Waals surface area contributed by atoms with E-state index >= 15 is 0 Å². The second kappa shape index (κ2) is 8.22. The maximum Gasteiger partial charge on any atom is 0.328 e. The fourth-order valence-electron chi connectivity index (χ4n) is 2.56. The number of para-hydroxylation sites is 1. The van der Waals surface area contributed by atoms with Gasteiger partial charge in [0.2, 0.25) is 0 Å². The predicted octanol–water partition coefficient (Wildman–Crippen LogP) is 4.52. The molecule has 0 atom stereocenters. The van der Waals surface area contributed by atoms with Gasteiger partial charge in [0.25, 0.3) is 0 Å². The standard InChI is InChI=1S/C19H25N3O/c1-3-13-21(17-10-6-5-7-11-17)19(23)22(14-4-2)18-12-8-9-16(20)15-18/h5-12,15H,3-4,13-14,20H2,1-2H3. The van der Waals surface area contributed by atoms with Crippen molar-refractivity contribution in [3.05, 3.63) is 54.6 Å². The lowest BCUT2D eigenvalue weighted by molar-refractivity contribution is 0.251. The van der Waals surface area contributed by atoms with Crippen molar-refractivity contribution in [2.75, 3.05) is 28.6 Å². The minimum Gasteiger partial charge on any atom is -0.399 e. The molecular formula is C19H25N3O. The van der Waals surface area contributed by atoms with Crippen LogP contribution in [0.15, 0.2) is 54.6 Å². The molecule has 122 valence electrons. The lowest BCUT2D eigenvalue weighted by atomic mass is 10.2. The van der Waals surface area contributed by atoms with Gasteiger partial charge >= 0.3 is 6.03 Å².